The molecule has 0 bridgehead atoms. The topological polar surface area (TPSA) is 69.1 Å². The van der Waals surface area contributed by atoms with Crippen molar-refractivity contribution in [1.29, 1.82) is 0 Å². The maximum absolute atomic E-state index is 9.42. The largest absolute Gasteiger partial charge is 0.396 e. The minimum atomic E-state index is -0.0101. The van der Waals surface area contributed by atoms with Gasteiger partial charge in [0, 0.05) is 44.3 Å². The number of rotatable bonds is 9. The molecule has 0 spiro atoms. The summed E-state index contributed by atoms with van der Waals surface area (Å²) in [5, 5.41) is 16.3. The van der Waals surface area contributed by atoms with Crippen LogP contribution in [0.5, 0.6) is 0 Å². The predicted molar refractivity (Wildman–Crippen MR) is 129 cm³/mol. The molecule has 0 radical (unpaired) electrons. The second-order valence-electron chi connectivity index (χ2n) is 8.10. The Morgan fingerprint density at radius 2 is 2.14 bits per heavy atom. The van der Waals surface area contributed by atoms with Gasteiger partial charge >= 0.3 is 0 Å². The predicted octanol–water partition coefficient (Wildman–Crippen LogP) is 2.61. The molecule has 0 saturated carbocycles. The average Bonchev–Trinajstić information content (AvgIpc) is 3.35. The molecule has 0 amide bonds. The number of aliphatic hydroxyl groups is 1. The lowest BCUT2D eigenvalue weighted by atomic mass is 9.84. The summed E-state index contributed by atoms with van der Waals surface area (Å²) in [5.74, 6) is 0.873. The maximum atomic E-state index is 9.42. The SMILES string of the molecule is CCNC(=NCC1(CCO)CCOC1)NCC1CCCN1Cc1ccccc1.I. The van der Waals surface area contributed by atoms with Gasteiger partial charge in [0.15, 0.2) is 5.96 Å². The van der Waals surface area contributed by atoms with Gasteiger partial charge in [-0.3, -0.25) is 9.89 Å². The Morgan fingerprint density at radius 3 is 2.83 bits per heavy atom. The summed E-state index contributed by atoms with van der Waals surface area (Å²) in [6, 6.07) is 11.2. The van der Waals surface area contributed by atoms with Crippen molar-refractivity contribution >= 4 is 29.9 Å². The first-order valence-electron chi connectivity index (χ1n) is 10.7. The van der Waals surface area contributed by atoms with Crippen molar-refractivity contribution in [3.05, 3.63) is 35.9 Å². The van der Waals surface area contributed by atoms with Crippen molar-refractivity contribution in [3.8, 4) is 0 Å². The molecule has 7 heteroatoms. The summed E-state index contributed by atoms with van der Waals surface area (Å²) in [6.45, 7) is 8.37. The van der Waals surface area contributed by atoms with Gasteiger partial charge < -0.3 is 20.5 Å². The van der Waals surface area contributed by atoms with E-state index in [1.807, 2.05) is 0 Å². The van der Waals surface area contributed by atoms with Crippen LogP contribution >= 0.6 is 24.0 Å². The molecule has 2 aliphatic heterocycles. The van der Waals surface area contributed by atoms with Gasteiger partial charge in [-0.25, -0.2) is 0 Å². The standard InChI is InChI=1S/C22H36N4O2.HI/c1-2-23-21(25-17-22(10-13-27)11-14-28-18-22)24-15-20-9-6-12-26(20)16-19-7-4-3-5-8-19;/h3-5,7-8,20,27H,2,6,9-18H2,1H3,(H2,23,24,25);1H. The van der Waals surface area contributed by atoms with Crippen molar-refractivity contribution in [2.75, 3.05) is 46.0 Å². The number of aliphatic imine (C=N–C) groups is 1. The van der Waals surface area contributed by atoms with Crippen molar-refractivity contribution in [2.45, 2.75) is 45.2 Å². The summed E-state index contributed by atoms with van der Waals surface area (Å²) in [7, 11) is 0. The number of ether oxygens (including phenoxy) is 1. The summed E-state index contributed by atoms with van der Waals surface area (Å²) >= 11 is 0. The molecule has 3 rings (SSSR count). The number of likely N-dealkylation sites (tertiary alicyclic amines) is 1. The Hall–Kier alpha value is -0.900. The quantitative estimate of drug-likeness (QED) is 0.268. The number of aliphatic hydroxyl groups excluding tert-OH is 1. The third kappa shape index (κ3) is 7.38. The molecule has 2 saturated heterocycles. The van der Waals surface area contributed by atoms with Gasteiger partial charge in [-0.15, -0.1) is 24.0 Å². The molecule has 164 valence electrons. The highest BCUT2D eigenvalue weighted by atomic mass is 127. The zero-order chi connectivity index (χ0) is 19.7. The molecule has 6 nitrogen and oxygen atoms in total. The maximum Gasteiger partial charge on any atom is 0.191 e. The van der Waals surface area contributed by atoms with E-state index in [0.717, 1.165) is 51.6 Å². The number of hydrogen-bond donors (Lipinski definition) is 3. The van der Waals surface area contributed by atoms with Crippen molar-refractivity contribution < 1.29 is 9.84 Å². The first-order valence-corrected chi connectivity index (χ1v) is 10.7. The number of nitrogens with one attached hydrogen (secondary N) is 2. The molecule has 1 aromatic rings. The zero-order valence-corrected chi connectivity index (χ0v) is 19.9. The summed E-state index contributed by atoms with van der Waals surface area (Å²) in [5.41, 5.74) is 1.37. The fraction of sp³-hybridized carbons (Fsp3) is 0.682. The van der Waals surface area contributed by atoms with E-state index in [-0.39, 0.29) is 36.0 Å². The summed E-state index contributed by atoms with van der Waals surface area (Å²) in [6.07, 6.45) is 4.21. The van der Waals surface area contributed by atoms with Crippen LogP contribution in [0.15, 0.2) is 35.3 Å². The Morgan fingerprint density at radius 1 is 1.31 bits per heavy atom. The lowest BCUT2D eigenvalue weighted by molar-refractivity contribution is 0.131. The Balaban J connectivity index is 0.00000300. The molecule has 2 heterocycles. The molecule has 29 heavy (non-hydrogen) atoms. The molecule has 2 atom stereocenters. The fourth-order valence-electron chi connectivity index (χ4n) is 4.24. The number of hydrogen-bond acceptors (Lipinski definition) is 4. The summed E-state index contributed by atoms with van der Waals surface area (Å²) < 4.78 is 5.59. The Bertz CT molecular complexity index is 608. The zero-order valence-electron chi connectivity index (χ0n) is 17.6. The number of benzene rings is 1. The summed E-state index contributed by atoms with van der Waals surface area (Å²) in [4.78, 5) is 7.41. The van der Waals surface area contributed by atoms with E-state index in [9.17, 15) is 5.11 Å². The van der Waals surface area contributed by atoms with Gasteiger partial charge in [-0.2, -0.15) is 0 Å². The minimum Gasteiger partial charge on any atom is -0.396 e. The Kier molecular flexibility index (Phi) is 10.7. The van der Waals surface area contributed by atoms with Gasteiger partial charge in [-0.05, 0) is 44.7 Å². The first kappa shape index (κ1) is 24.4. The van der Waals surface area contributed by atoms with Crippen molar-refractivity contribution in [2.24, 2.45) is 10.4 Å². The number of guanidine groups is 1. The molecule has 3 N–H and O–H groups in total. The van der Waals surface area contributed by atoms with Crippen LogP contribution in [0.3, 0.4) is 0 Å². The minimum absolute atomic E-state index is 0. The highest BCUT2D eigenvalue weighted by Crippen LogP contribution is 2.32. The number of nitrogens with zero attached hydrogens (tertiary/aromatic N) is 2. The van der Waals surface area contributed by atoms with Gasteiger partial charge in [0.25, 0.3) is 0 Å². The molecule has 2 aliphatic rings. The second kappa shape index (κ2) is 12.7. The van der Waals surface area contributed by atoms with Gasteiger partial charge in [0.1, 0.15) is 0 Å². The van der Waals surface area contributed by atoms with E-state index in [2.05, 4.69) is 52.8 Å². The number of halogens is 1. The van der Waals surface area contributed by atoms with E-state index in [0.29, 0.717) is 19.2 Å². The van der Waals surface area contributed by atoms with Gasteiger partial charge in [0.2, 0.25) is 0 Å². The molecular weight excluding hydrogens is 479 g/mol. The lowest BCUT2D eigenvalue weighted by Gasteiger charge is -2.27. The van der Waals surface area contributed by atoms with Crippen LogP contribution in [0.25, 0.3) is 0 Å². The van der Waals surface area contributed by atoms with Gasteiger partial charge in [0.05, 0.1) is 13.2 Å². The lowest BCUT2D eigenvalue weighted by Crippen LogP contribution is -2.45. The normalized spacial score (nSPS) is 25.0. The van der Waals surface area contributed by atoms with E-state index >= 15 is 0 Å². The van der Waals surface area contributed by atoms with E-state index in [4.69, 9.17) is 9.73 Å². The van der Waals surface area contributed by atoms with Crippen LogP contribution in [0.1, 0.15) is 38.2 Å². The third-order valence-corrected chi connectivity index (χ3v) is 5.98. The highest BCUT2D eigenvalue weighted by Gasteiger charge is 2.34. The fourth-order valence-corrected chi connectivity index (χ4v) is 4.24. The van der Waals surface area contributed by atoms with Gasteiger partial charge in [-0.1, -0.05) is 30.3 Å². The molecule has 1 aromatic carbocycles. The van der Waals surface area contributed by atoms with Crippen LogP contribution in [0, 0.1) is 5.41 Å². The monoisotopic (exact) mass is 516 g/mol. The average molecular weight is 516 g/mol. The van der Waals surface area contributed by atoms with Crippen LogP contribution in [0.2, 0.25) is 0 Å². The van der Waals surface area contributed by atoms with Crippen LogP contribution < -0.4 is 10.6 Å². The molecule has 0 aliphatic carbocycles. The third-order valence-electron chi connectivity index (χ3n) is 5.98. The first-order chi connectivity index (χ1) is 13.7. The smallest absolute Gasteiger partial charge is 0.191 e. The molecule has 2 fully saturated rings. The van der Waals surface area contributed by atoms with Crippen molar-refractivity contribution in [1.82, 2.24) is 15.5 Å². The van der Waals surface area contributed by atoms with Crippen LogP contribution in [0.4, 0.5) is 0 Å². The van der Waals surface area contributed by atoms with E-state index in [1.54, 1.807) is 0 Å². The molecule has 2 unspecified atom stereocenters. The van der Waals surface area contributed by atoms with Crippen LogP contribution in [-0.4, -0.2) is 68.0 Å². The highest BCUT2D eigenvalue weighted by molar-refractivity contribution is 14.0. The van der Waals surface area contributed by atoms with E-state index < -0.39 is 0 Å². The van der Waals surface area contributed by atoms with Crippen molar-refractivity contribution in [3.63, 3.8) is 0 Å². The second-order valence-corrected chi connectivity index (χ2v) is 8.10. The molecule has 0 aromatic heterocycles. The van der Waals surface area contributed by atoms with Crippen LogP contribution in [-0.2, 0) is 11.3 Å². The molecular formula is C22H37IN4O2. The van der Waals surface area contributed by atoms with E-state index in [1.165, 1.54) is 18.4 Å². The Labute approximate surface area is 192 Å².